The van der Waals surface area contributed by atoms with Crippen molar-refractivity contribution in [1.29, 1.82) is 0 Å². The molecule has 2 heterocycles. The maximum absolute atomic E-state index is 13.7. The van der Waals surface area contributed by atoms with Gasteiger partial charge in [0.15, 0.2) is 0 Å². The Morgan fingerprint density at radius 2 is 1.34 bits per heavy atom. The van der Waals surface area contributed by atoms with Crippen LogP contribution in [0.5, 0.6) is 0 Å². The predicted octanol–water partition coefficient (Wildman–Crippen LogP) is 4.73. The Morgan fingerprint density at radius 1 is 0.789 bits per heavy atom. The highest BCUT2D eigenvalue weighted by Gasteiger charge is 2.33. The van der Waals surface area contributed by atoms with Crippen LogP contribution in [0.1, 0.15) is 41.6 Å². The SMILES string of the molecule is CN1CCC(C(c2ccc(F)cc2)N2CCN(CC(=O)NC(c3ccccc3)c3ccccc3)CC2)CC1. The first-order valence-corrected chi connectivity index (χ1v) is 13.9. The van der Waals surface area contributed by atoms with Crippen LogP contribution in [0.15, 0.2) is 84.9 Å². The van der Waals surface area contributed by atoms with E-state index in [0.29, 0.717) is 18.5 Å². The monoisotopic (exact) mass is 514 g/mol. The van der Waals surface area contributed by atoms with E-state index < -0.39 is 0 Å². The molecule has 5 nitrogen and oxygen atoms in total. The van der Waals surface area contributed by atoms with Crippen LogP contribution in [-0.4, -0.2) is 73.5 Å². The van der Waals surface area contributed by atoms with Crippen LogP contribution in [0.4, 0.5) is 4.39 Å². The highest BCUT2D eigenvalue weighted by atomic mass is 19.1. The molecular formula is C32H39FN4O. The van der Waals surface area contributed by atoms with E-state index in [4.69, 9.17) is 0 Å². The molecule has 3 aromatic carbocycles. The molecule has 0 aromatic heterocycles. The number of carbonyl (C=O) groups is 1. The maximum Gasteiger partial charge on any atom is 0.234 e. The van der Waals surface area contributed by atoms with E-state index in [2.05, 4.69) is 51.3 Å². The molecule has 1 atom stereocenters. The van der Waals surface area contributed by atoms with Gasteiger partial charge < -0.3 is 10.2 Å². The molecule has 200 valence electrons. The molecule has 0 bridgehead atoms. The van der Waals surface area contributed by atoms with Crippen LogP contribution in [0, 0.1) is 11.7 Å². The number of piperidine rings is 1. The number of piperazine rings is 1. The zero-order valence-electron chi connectivity index (χ0n) is 22.3. The van der Waals surface area contributed by atoms with Gasteiger partial charge in [-0.15, -0.1) is 0 Å². The number of hydrogen-bond acceptors (Lipinski definition) is 4. The van der Waals surface area contributed by atoms with Crippen LogP contribution in [0.25, 0.3) is 0 Å². The summed E-state index contributed by atoms with van der Waals surface area (Å²) in [6, 6.07) is 27.5. The van der Waals surface area contributed by atoms with Gasteiger partial charge in [0.2, 0.25) is 5.91 Å². The molecule has 6 heteroatoms. The lowest BCUT2D eigenvalue weighted by atomic mass is 9.84. The molecule has 2 aliphatic heterocycles. The second kappa shape index (κ2) is 12.7. The van der Waals surface area contributed by atoms with Gasteiger partial charge >= 0.3 is 0 Å². The number of nitrogens with zero attached hydrogens (tertiary/aromatic N) is 3. The predicted molar refractivity (Wildman–Crippen MR) is 150 cm³/mol. The fourth-order valence-corrected chi connectivity index (χ4v) is 6.04. The van der Waals surface area contributed by atoms with Gasteiger partial charge in [-0.3, -0.25) is 14.6 Å². The third kappa shape index (κ3) is 6.68. The fraction of sp³-hybridized carbons (Fsp3) is 0.406. The lowest BCUT2D eigenvalue weighted by Crippen LogP contribution is -2.52. The summed E-state index contributed by atoms with van der Waals surface area (Å²) in [6.07, 6.45) is 2.31. The number of nitrogens with one attached hydrogen (secondary N) is 1. The van der Waals surface area contributed by atoms with Gasteiger partial charge in [-0.2, -0.15) is 0 Å². The topological polar surface area (TPSA) is 38.8 Å². The Kier molecular flexibility index (Phi) is 8.84. The second-order valence-electron chi connectivity index (χ2n) is 10.8. The minimum Gasteiger partial charge on any atom is -0.344 e. The van der Waals surface area contributed by atoms with Crippen LogP contribution in [0.3, 0.4) is 0 Å². The highest BCUT2D eigenvalue weighted by molar-refractivity contribution is 5.79. The Balaban J connectivity index is 1.22. The van der Waals surface area contributed by atoms with Crippen LogP contribution < -0.4 is 5.32 Å². The molecule has 1 unspecified atom stereocenters. The number of carbonyl (C=O) groups excluding carboxylic acids is 1. The van der Waals surface area contributed by atoms with E-state index in [-0.39, 0.29) is 17.8 Å². The van der Waals surface area contributed by atoms with Crippen molar-refractivity contribution in [3.05, 3.63) is 107 Å². The highest BCUT2D eigenvalue weighted by Crippen LogP contribution is 2.36. The standard InChI is InChI=1S/C32H39FN4O/c1-35-18-16-28(17-19-35)32(27-12-14-29(33)15-13-27)37-22-20-36(21-23-37)24-30(38)34-31(25-8-4-2-5-9-25)26-10-6-3-7-11-26/h2-15,28,31-32H,16-24H2,1H3,(H,34,38). The largest absolute Gasteiger partial charge is 0.344 e. The normalized spacial score (nSPS) is 18.9. The van der Waals surface area contributed by atoms with E-state index in [1.807, 2.05) is 48.5 Å². The summed E-state index contributed by atoms with van der Waals surface area (Å²) in [5.74, 6) is 0.418. The Bertz CT molecular complexity index is 1100. The van der Waals surface area contributed by atoms with Crippen molar-refractivity contribution in [1.82, 2.24) is 20.0 Å². The quantitative estimate of drug-likeness (QED) is 0.472. The average molecular weight is 515 g/mol. The van der Waals surface area contributed by atoms with Gasteiger partial charge in [0.05, 0.1) is 12.6 Å². The Morgan fingerprint density at radius 3 is 1.89 bits per heavy atom. The summed E-state index contributed by atoms with van der Waals surface area (Å²) in [6.45, 7) is 6.10. The first-order valence-electron chi connectivity index (χ1n) is 13.9. The molecule has 38 heavy (non-hydrogen) atoms. The molecule has 1 N–H and O–H groups in total. The lowest BCUT2D eigenvalue weighted by Gasteiger charge is -2.44. The molecule has 0 radical (unpaired) electrons. The molecular weight excluding hydrogens is 475 g/mol. The van der Waals surface area contributed by atoms with Crippen molar-refractivity contribution in [2.75, 3.05) is 52.9 Å². The number of amides is 1. The minimum atomic E-state index is -0.184. The summed E-state index contributed by atoms with van der Waals surface area (Å²) < 4.78 is 13.7. The van der Waals surface area contributed by atoms with Crippen molar-refractivity contribution in [3.8, 4) is 0 Å². The van der Waals surface area contributed by atoms with E-state index in [1.54, 1.807) is 12.1 Å². The zero-order valence-corrected chi connectivity index (χ0v) is 22.3. The van der Waals surface area contributed by atoms with Crippen molar-refractivity contribution in [2.45, 2.75) is 24.9 Å². The summed E-state index contributed by atoms with van der Waals surface area (Å²) in [4.78, 5) is 20.4. The first-order chi connectivity index (χ1) is 18.6. The third-order valence-electron chi connectivity index (χ3n) is 8.16. The molecule has 2 saturated heterocycles. The molecule has 3 aromatic rings. The molecule has 1 amide bonds. The van der Waals surface area contributed by atoms with Crippen molar-refractivity contribution >= 4 is 5.91 Å². The van der Waals surface area contributed by atoms with Crippen molar-refractivity contribution < 1.29 is 9.18 Å². The first kappa shape index (κ1) is 26.5. The summed E-state index contributed by atoms with van der Waals surface area (Å²) >= 11 is 0. The van der Waals surface area contributed by atoms with Crippen molar-refractivity contribution in [3.63, 3.8) is 0 Å². The summed E-state index contributed by atoms with van der Waals surface area (Å²) in [7, 11) is 2.19. The van der Waals surface area contributed by atoms with Gasteiger partial charge in [0.1, 0.15) is 5.82 Å². The van der Waals surface area contributed by atoms with E-state index in [0.717, 1.165) is 63.2 Å². The van der Waals surface area contributed by atoms with E-state index >= 15 is 0 Å². The summed E-state index contributed by atoms with van der Waals surface area (Å²) in [5, 5.41) is 3.28. The number of halogens is 1. The number of likely N-dealkylation sites (tertiary alicyclic amines) is 1. The van der Waals surface area contributed by atoms with Crippen LogP contribution in [-0.2, 0) is 4.79 Å². The average Bonchev–Trinajstić information content (AvgIpc) is 2.96. The van der Waals surface area contributed by atoms with E-state index in [9.17, 15) is 9.18 Å². The minimum absolute atomic E-state index is 0.0431. The molecule has 0 aliphatic carbocycles. The third-order valence-corrected chi connectivity index (χ3v) is 8.16. The maximum atomic E-state index is 13.7. The molecule has 0 saturated carbocycles. The fourth-order valence-electron chi connectivity index (χ4n) is 6.04. The molecule has 2 fully saturated rings. The van der Waals surface area contributed by atoms with Crippen LogP contribution in [0.2, 0.25) is 0 Å². The zero-order chi connectivity index (χ0) is 26.3. The lowest BCUT2D eigenvalue weighted by molar-refractivity contribution is -0.123. The van der Waals surface area contributed by atoms with E-state index in [1.165, 1.54) is 5.56 Å². The Labute approximate surface area is 226 Å². The van der Waals surface area contributed by atoms with Gasteiger partial charge in [-0.1, -0.05) is 72.8 Å². The van der Waals surface area contributed by atoms with Gasteiger partial charge in [0, 0.05) is 32.2 Å². The van der Waals surface area contributed by atoms with Gasteiger partial charge in [0.25, 0.3) is 0 Å². The number of hydrogen-bond donors (Lipinski definition) is 1. The number of rotatable bonds is 8. The van der Waals surface area contributed by atoms with Gasteiger partial charge in [-0.25, -0.2) is 4.39 Å². The van der Waals surface area contributed by atoms with Gasteiger partial charge in [-0.05, 0) is 67.7 Å². The van der Waals surface area contributed by atoms with Crippen molar-refractivity contribution in [2.24, 2.45) is 5.92 Å². The number of benzene rings is 3. The molecule has 2 aliphatic rings. The second-order valence-corrected chi connectivity index (χ2v) is 10.8. The van der Waals surface area contributed by atoms with Crippen LogP contribution >= 0.6 is 0 Å². The molecule has 5 rings (SSSR count). The summed E-state index contributed by atoms with van der Waals surface area (Å²) in [5.41, 5.74) is 3.37. The smallest absolute Gasteiger partial charge is 0.234 e. The Hall–Kier alpha value is -3.06. The molecule has 0 spiro atoms.